The van der Waals surface area contributed by atoms with Crippen molar-refractivity contribution in [1.82, 2.24) is 4.98 Å². The van der Waals surface area contributed by atoms with Gasteiger partial charge in [-0.2, -0.15) is 0 Å². The van der Waals surface area contributed by atoms with Crippen molar-refractivity contribution in [1.29, 1.82) is 0 Å². The lowest BCUT2D eigenvalue weighted by Gasteiger charge is -2.20. The lowest BCUT2D eigenvalue weighted by atomic mass is 9.95. The summed E-state index contributed by atoms with van der Waals surface area (Å²) in [6.07, 6.45) is 1.85. The van der Waals surface area contributed by atoms with Crippen LogP contribution in [0.2, 0.25) is 0 Å². The number of aromatic nitrogens is 1. The van der Waals surface area contributed by atoms with Crippen molar-refractivity contribution >= 4 is 15.9 Å². The van der Waals surface area contributed by atoms with Crippen LogP contribution in [0.15, 0.2) is 24.4 Å². The molecule has 1 aromatic heterocycles. The van der Waals surface area contributed by atoms with Crippen molar-refractivity contribution < 1.29 is 0 Å². The third-order valence-electron chi connectivity index (χ3n) is 2.27. The number of alkyl halides is 1. The standard InChI is InChI=1S/C11H16BrN/c1-8(2)11(12)9(3)10-6-4-5-7-13-10/h4-9,11H,1-3H3. The van der Waals surface area contributed by atoms with E-state index in [1.165, 1.54) is 0 Å². The average molecular weight is 242 g/mol. The lowest BCUT2D eigenvalue weighted by Crippen LogP contribution is -2.16. The highest BCUT2D eigenvalue weighted by Gasteiger charge is 2.19. The Morgan fingerprint density at radius 2 is 1.92 bits per heavy atom. The monoisotopic (exact) mass is 241 g/mol. The number of rotatable bonds is 3. The molecule has 0 N–H and O–H groups in total. The minimum Gasteiger partial charge on any atom is -0.261 e. The summed E-state index contributed by atoms with van der Waals surface area (Å²) in [6.45, 7) is 6.65. The van der Waals surface area contributed by atoms with Gasteiger partial charge in [-0.1, -0.05) is 42.8 Å². The molecule has 0 spiro atoms. The van der Waals surface area contributed by atoms with Crippen LogP contribution in [-0.4, -0.2) is 9.81 Å². The van der Waals surface area contributed by atoms with Crippen molar-refractivity contribution in [2.45, 2.75) is 31.5 Å². The third-order valence-corrected chi connectivity index (χ3v) is 4.12. The maximum Gasteiger partial charge on any atom is 0.0442 e. The summed E-state index contributed by atoms with van der Waals surface area (Å²) in [7, 11) is 0. The first-order valence-corrected chi connectivity index (χ1v) is 5.59. The van der Waals surface area contributed by atoms with Crippen LogP contribution in [0, 0.1) is 5.92 Å². The van der Waals surface area contributed by atoms with E-state index in [0.29, 0.717) is 16.7 Å². The van der Waals surface area contributed by atoms with E-state index < -0.39 is 0 Å². The van der Waals surface area contributed by atoms with Gasteiger partial charge in [0.2, 0.25) is 0 Å². The maximum absolute atomic E-state index is 4.35. The summed E-state index contributed by atoms with van der Waals surface area (Å²) in [4.78, 5) is 4.85. The smallest absolute Gasteiger partial charge is 0.0442 e. The van der Waals surface area contributed by atoms with E-state index in [-0.39, 0.29) is 0 Å². The molecule has 0 aliphatic rings. The van der Waals surface area contributed by atoms with Crippen LogP contribution in [-0.2, 0) is 0 Å². The minimum atomic E-state index is 0.473. The summed E-state index contributed by atoms with van der Waals surface area (Å²) in [5, 5.41) is 0. The van der Waals surface area contributed by atoms with Crippen LogP contribution in [0.3, 0.4) is 0 Å². The van der Waals surface area contributed by atoms with E-state index in [9.17, 15) is 0 Å². The molecule has 0 aliphatic heterocycles. The van der Waals surface area contributed by atoms with E-state index in [1.807, 2.05) is 18.3 Å². The van der Waals surface area contributed by atoms with Gasteiger partial charge < -0.3 is 0 Å². The molecule has 1 heterocycles. The fourth-order valence-corrected chi connectivity index (χ4v) is 1.66. The van der Waals surface area contributed by atoms with Gasteiger partial charge in [0.15, 0.2) is 0 Å². The Morgan fingerprint density at radius 3 is 2.38 bits per heavy atom. The second-order valence-electron chi connectivity index (χ2n) is 3.73. The highest BCUT2D eigenvalue weighted by molar-refractivity contribution is 9.09. The summed E-state index contributed by atoms with van der Waals surface area (Å²) < 4.78 is 0. The van der Waals surface area contributed by atoms with Gasteiger partial charge in [-0.05, 0) is 18.1 Å². The molecular formula is C11H16BrN. The molecule has 0 saturated carbocycles. The first-order valence-electron chi connectivity index (χ1n) is 4.68. The molecule has 0 bridgehead atoms. The van der Waals surface area contributed by atoms with Gasteiger partial charge in [0.1, 0.15) is 0 Å². The maximum atomic E-state index is 4.35. The summed E-state index contributed by atoms with van der Waals surface area (Å²) in [5.74, 6) is 1.11. The molecule has 13 heavy (non-hydrogen) atoms. The van der Waals surface area contributed by atoms with Gasteiger partial charge in [0, 0.05) is 22.6 Å². The fourth-order valence-electron chi connectivity index (χ4n) is 1.39. The average Bonchev–Trinajstić information content (AvgIpc) is 2.17. The zero-order chi connectivity index (χ0) is 9.84. The number of nitrogens with zero attached hydrogens (tertiary/aromatic N) is 1. The van der Waals surface area contributed by atoms with Gasteiger partial charge in [0.25, 0.3) is 0 Å². The topological polar surface area (TPSA) is 12.9 Å². The predicted octanol–water partition coefficient (Wildman–Crippen LogP) is 3.60. The number of halogens is 1. The summed E-state index contributed by atoms with van der Waals surface area (Å²) >= 11 is 3.70. The molecule has 2 unspecified atom stereocenters. The zero-order valence-corrected chi connectivity index (χ0v) is 9.95. The Kier molecular flexibility index (Phi) is 3.91. The third kappa shape index (κ3) is 2.80. The van der Waals surface area contributed by atoms with Crippen LogP contribution >= 0.6 is 15.9 Å². The molecule has 2 atom stereocenters. The molecule has 0 saturated heterocycles. The number of pyridine rings is 1. The van der Waals surface area contributed by atoms with Gasteiger partial charge >= 0.3 is 0 Å². The van der Waals surface area contributed by atoms with Crippen LogP contribution in [0.4, 0.5) is 0 Å². The second-order valence-corrected chi connectivity index (χ2v) is 4.79. The van der Waals surface area contributed by atoms with Crippen molar-refractivity contribution in [3.05, 3.63) is 30.1 Å². The largest absolute Gasteiger partial charge is 0.261 e. The Morgan fingerprint density at radius 1 is 1.23 bits per heavy atom. The molecule has 1 nitrogen and oxygen atoms in total. The van der Waals surface area contributed by atoms with Gasteiger partial charge in [-0.15, -0.1) is 0 Å². The molecule has 1 aromatic rings. The van der Waals surface area contributed by atoms with E-state index in [4.69, 9.17) is 0 Å². The molecule has 2 heteroatoms. The Bertz CT molecular complexity index is 246. The van der Waals surface area contributed by atoms with Crippen molar-refractivity contribution in [3.63, 3.8) is 0 Å². The van der Waals surface area contributed by atoms with E-state index in [2.05, 4.69) is 47.8 Å². The highest BCUT2D eigenvalue weighted by Crippen LogP contribution is 2.28. The molecule has 0 aromatic carbocycles. The van der Waals surface area contributed by atoms with Gasteiger partial charge in [-0.25, -0.2) is 0 Å². The summed E-state index contributed by atoms with van der Waals surface area (Å²) in [5.41, 5.74) is 1.16. The quantitative estimate of drug-likeness (QED) is 0.738. The molecule has 0 fully saturated rings. The first kappa shape index (κ1) is 10.7. The van der Waals surface area contributed by atoms with Gasteiger partial charge in [-0.3, -0.25) is 4.98 Å². The van der Waals surface area contributed by atoms with Crippen molar-refractivity contribution in [3.8, 4) is 0 Å². The molecule has 1 rings (SSSR count). The lowest BCUT2D eigenvalue weighted by molar-refractivity contribution is 0.542. The van der Waals surface area contributed by atoms with Crippen LogP contribution in [0.5, 0.6) is 0 Å². The fraction of sp³-hybridized carbons (Fsp3) is 0.545. The van der Waals surface area contributed by atoms with Crippen molar-refractivity contribution in [2.75, 3.05) is 0 Å². The van der Waals surface area contributed by atoms with Crippen molar-refractivity contribution in [2.24, 2.45) is 5.92 Å². The van der Waals surface area contributed by atoms with Crippen LogP contribution in [0.25, 0.3) is 0 Å². The Labute approximate surface area is 88.7 Å². The van der Waals surface area contributed by atoms with E-state index in [0.717, 1.165) is 5.69 Å². The second kappa shape index (κ2) is 4.75. The minimum absolute atomic E-state index is 0.473. The van der Waals surface area contributed by atoms with E-state index >= 15 is 0 Å². The number of hydrogen-bond donors (Lipinski definition) is 0. The Hall–Kier alpha value is -0.370. The van der Waals surface area contributed by atoms with Gasteiger partial charge in [0.05, 0.1) is 0 Å². The molecule has 0 aliphatic carbocycles. The SMILES string of the molecule is CC(C)C(Br)C(C)c1ccccn1. The van der Waals surface area contributed by atoms with E-state index in [1.54, 1.807) is 0 Å². The number of hydrogen-bond acceptors (Lipinski definition) is 1. The molecular weight excluding hydrogens is 226 g/mol. The zero-order valence-electron chi connectivity index (χ0n) is 8.37. The predicted molar refractivity (Wildman–Crippen MR) is 60.2 cm³/mol. The molecule has 0 radical (unpaired) electrons. The highest BCUT2D eigenvalue weighted by atomic mass is 79.9. The van der Waals surface area contributed by atoms with Crippen LogP contribution in [0.1, 0.15) is 32.4 Å². The molecule has 72 valence electrons. The first-order chi connectivity index (χ1) is 6.13. The Balaban J connectivity index is 2.73. The summed E-state index contributed by atoms with van der Waals surface area (Å²) in [6, 6.07) is 6.08. The van der Waals surface area contributed by atoms with Crippen LogP contribution < -0.4 is 0 Å². The normalized spacial score (nSPS) is 15.8. The molecule has 0 amide bonds.